The molecule has 0 aliphatic heterocycles. The number of phenolic OH excluding ortho intramolecular Hbond substituents is 1. The molecule has 0 radical (unpaired) electrons. The molecule has 4 rings (SSSR count). The normalized spacial score (nSPS) is 12.5. The van der Waals surface area contributed by atoms with Crippen LogP contribution in [0.1, 0.15) is 42.9 Å². The van der Waals surface area contributed by atoms with Gasteiger partial charge in [-0.2, -0.15) is 8.75 Å². The van der Waals surface area contributed by atoms with Gasteiger partial charge in [-0.15, -0.1) is 0 Å². The second kappa shape index (κ2) is 8.74. The first-order valence-electron chi connectivity index (χ1n) is 10.5. The van der Waals surface area contributed by atoms with Gasteiger partial charge in [0.25, 0.3) is 5.91 Å². The maximum absolute atomic E-state index is 12.4. The van der Waals surface area contributed by atoms with Gasteiger partial charge in [-0.3, -0.25) is 4.79 Å². The Morgan fingerprint density at radius 1 is 1.09 bits per heavy atom. The number of nitrogens with zero attached hydrogens (tertiary/aromatic N) is 3. The molecule has 0 bridgehead atoms. The number of hydrogen-bond donors (Lipinski definition) is 3. The van der Waals surface area contributed by atoms with Crippen molar-refractivity contribution in [3.05, 3.63) is 59.9 Å². The van der Waals surface area contributed by atoms with Crippen molar-refractivity contribution in [2.75, 3.05) is 24.7 Å². The Bertz CT molecular complexity index is 1260. The summed E-state index contributed by atoms with van der Waals surface area (Å²) in [6.07, 6.45) is 0. The molecule has 2 aromatic carbocycles. The summed E-state index contributed by atoms with van der Waals surface area (Å²) in [5.74, 6) is 1.35. The largest absolute Gasteiger partial charge is 0.505 e. The minimum absolute atomic E-state index is 0.139. The van der Waals surface area contributed by atoms with Gasteiger partial charge in [0.15, 0.2) is 17.4 Å². The highest BCUT2D eigenvalue weighted by Gasteiger charge is 2.31. The highest BCUT2D eigenvalue weighted by molar-refractivity contribution is 6.99. The van der Waals surface area contributed by atoms with Gasteiger partial charge in [0.2, 0.25) is 0 Å². The Kier molecular flexibility index (Phi) is 5.99. The lowest BCUT2D eigenvalue weighted by Crippen LogP contribution is -2.25. The number of nitrogens with one attached hydrogen (secondary N) is 2. The third kappa shape index (κ3) is 4.63. The van der Waals surface area contributed by atoms with E-state index in [0.717, 1.165) is 28.5 Å². The number of aromatic nitrogens is 2. The molecule has 9 heteroatoms. The molecule has 0 aliphatic carbocycles. The fourth-order valence-corrected chi connectivity index (χ4v) is 4.02. The summed E-state index contributed by atoms with van der Waals surface area (Å²) in [6.45, 7) is 6.35. The predicted molar refractivity (Wildman–Crippen MR) is 131 cm³/mol. The van der Waals surface area contributed by atoms with E-state index in [1.54, 1.807) is 32.3 Å². The second-order valence-corrected chi connectivity index (χ2v) is 9.65. The van der Waals surface area contributed by atoms with Gasteiger partial charge in [0, 0.05) is 19.5 Å². The molecule has 1 amide bonds. The van der Waals surface area contributed by atoms with Crippen molar-refractivity contribution in [2.24, 2.45) is 5.41 Å². The Morgan fingerprint density at radius 2 is 1.82 bits per heavy atom. The van der Waals surface area contributed by atoms with Crippen molar-refractivity contribution in [3.8, 4) is 5.75 Å². The topological polar surface area (TPSA) is 104 Å². The average Bonchev–Trinajstić information content (AvgIpc) is 3.38. The van der Waals surface area contributed by atoms with Crippen LogP contribution in [0.2, 0.25) is 0 Å². The number of furan rings is 1. The zero-order valence-electron chi connectivity index (χ0n) is 19.2. The SMILES string of the molecule is CN(C)C(=O)c1cccc(Nc2nsnc2N[C@@H](c2cc3ccccc3o2)C(C)(C)C)c1O. The minimum atomic E-state index is -0.288. The molecule has 1 atom stereocenters. The lowest BCUT2D eigenvalue weighted by Gasteiger charge is -2.30. The molecule has 3 N–H and O–H groups in total. The number of anilines is 3. The van der Waals surface area contributed by atoms with Crippen LogP contribution in [0.3, 0.4) is 0 Å². The van der Waals surface area contributed by atoms with Gasteiger partial charge >= 0.3 is 0 Å². The third-order valence-corrected chi connectivity index (χ3v) is 5.82. The van der Waals surface area contributed by atoms with Crippen molar-refractivity contribution in [3.63, 3.8) is 0 Å². The third-order valence-electron chi connectivity index (χ3n) is 5.29. The van der Waals surface area contributed by atoms with Crippen LogP contribution < -0.4 is 10.6 Å². The summed E-state index contributed by atoms with van der Waals surface area (Å²) in [6, 6.07) is 14.7. The van der Waals surface area contributed by atoms with Crippen molar-refractivity contribution >= 4 is 45.9 Å². The number of benzene rings is 2. The number of rotatable bonds is 6. The zero-order chi connectivity index (χ0) is 23.8. The highest BCUT2D eigenvalue weighted by Crippen LogP contribution is 2.40. The quantitative estimate of drug-likeness (QED) is 0.317. The summed E-state index contributed by atoms with van der Waals surface area (Å²) in [7, 11) is 3.28. The number of fused-ring (bicyclic) bond motifs is 1. The van der Waals surface area contributed by atoms with E-state index in [1.165, 1.54) is 4.90 Å². The van der Waals surface area contributed by atoms with Gasteiger partial charge in [0.1, 0.15) is 11.3 Å². The fraction of sp³-hybridized carbons (Fsp3) is 0.292. The van der Waals surface area contributed by atoms with E-state index in [9.17, 15) is 9.90 Å². The molecule has 8 nitrogen and oxygen atoms in total. The lowest BCUT2D eigenvalue weighted by atomic mass is 9.85. The molecule has 0 aliphatic rings. The first-order chi connectivity index (χ1) is 15.6. The van der Waals surface area contributed by atoms with Crippen LogP contribution in [-0.2, 0) is 0 Å². The van der Waals surface area contributed by atoms with Gasteiger partial charge in [0.05, 0.1) is 29.0 Å². The lowest BCUT2D eigenvalue weighted by molar-refractivity contribution is 0.0824. The summed E-state index contributed by atoms with van der Waals surface area (Å²) < 4.78 is 14.9. The number of carbonyl (C=O) groups is 1. The predicted octanol–water partition coefficient (Wildman–Crippen LogP) is 5.63. The number of aromatic hydroxyl groups is 1. The van der Waals surface area contributed by atoms with E-state index in [1.807, 2.05) is 30.3 Å². The summed E-state index contributed by atoms with van der Waals surface area (Å²) >= 11 is 1.05. The standard InChI is InChI=1S/C24H27N5O3S/c1-24(2,3)20(18-13-14-9-6-7-12-17(14)32-18)26-22-21(27-33-28-22)25-16-11-8-10-15(19(16)30)23(31)29(4)5/h6-13,20,30H,1-5H3,(H,25,27)(H,26,28)/t20-/m0/s1. The second-order valence-electron chi connectivity index (χ2n) is 9.12. The van der Waals surface area contributed by atoms with Crippen LogP contribution in [0.5, 0.6) is 5.75 Å². The van der Waals surface area contributed by atoms with Gasteiger partial charge in [-0.1, -0.05) is 45.0 Å². The van der Waals surface area contributed by atoms with Crippen molar-refractivity contribution in [1.82, 2.24) is 13.6 Å². The molecule has 0 spiro atoms. The van der Waals surface area contributed by atoms with E-state index in [4.69, 9.17) is 4.42 Å². The highest BCUT2D eigenvalue weighted by atomic mass is 32.1. The monoisotopic (exact) mass is 465 g/mol. The van der Waals surface area contributed by atoms with Crippen LogP contribution >= 0.6 is 11.7 Å². The Hall–Kier alpha value is -3.59. The number of amides is 1. The minimum Gasteiger partial charge on any atom is -0.505 e. The van der Waals surface area contributed by atoms with Gasteiger partial charge in [-0.05, 0) is 29.7 Å². The first-order valence-corrected chi connectivity index (χ1v) is 11.3. The molecule has 0 fully saturated rings. The molecule has 2 heterocycles. The van der Waals surface area contributed by atoms with E-state index in [2.05, 4.69) is 40.2 Å². The zero-order valence-corrected chi connectivity index (χ0v) is 20.0. The number of para-hydroxylation sites is 2. The first kappa shape index (κ1) is 22.6. The number of hydrogen-bond acceptors (Lipinski definition) is 8. The molecular formula is C24H27N5O3S. The Morgan fingerprint density at radius 3 is 2.52 bits per heavy atom. The van der Waals surface area contributed by atoms with Gasteiger partial charge < -0.3 is 25.1 Å². The van der Waals surface area contributed by atoms with Crippen LogP contribution in [0.15, 0.2) is 52.9 Å². The molecule has 33 heavy (non-hydrogen) atoms. The smallest absolute Gasteiger partial charge is 0.257 e. The summed E-state index contributed by atoms with van der Waals surface area (Å²) in [5, 5.41) is 18.3. The van der Waals surface area contributed by atoms with Crippen LogP contribution in [0.4, 0.5) is 17.3 Å². The van der Waals surface area contributed by atoms with E-state index in [0.29, 0.717) is 17.3 Å². The van der Waals surface area contributed by atoms with Crippen LogP contribution in [0, 0.1) is 5.41 Å². The number of carbonyl (C=O) groups excluding carboxylic acids is 1. The van der Waals surface area contributed by atoms with Crippen LogP contribution in [0.25, 0.3) is 11.0 Å². The Balaban J connectivity index is 1.64. The van der Waals surface area contributed by atoms with E-state index in [-0.39, 0.29) is 28.7 Å². The molecule has 0 unspecified atom stereocenters. The maximum Gasteiger partial charge on any atom is 0.257 e. The summed E-state index contributed by atoms with van der Waals surface area (Å²) in [5.41, 5.74) is 1.20. The number of phenols is 1. The van der Waals surface area contributed by atoms with E-state index < -0.39 is 0 Å². The molecule has 2 aromatic heterocycles. The maximum atomic E-state index is 12.4. The van der Waals surface area contributed by atoms with Gasteiger partial charge in [-0.25, -0.2) is 0 Å². The van der Waals surface area contributed by atoms with E-state index >= 15 is 0 Å². The summed E-state index contributed by atoms with van der Waals surface area (Å²) in [4.78, 5) is 13.8. The molecular weight excluding hydrogens is 438 g/mol. The van der Waals surface area contributed by atoms with Crippen molar-refractivity contribution < 1.29 is 14.3 Å². The molecule has 172 valence electrons. The molecule has 0 saturated carbocycles. The molecule has 0 saturated heterocycles. The van der Waals surface area contributed by atoms with Crippen LogP contribution in [-0.4, -0.2) is 38.8 Å². The van der Waals surface area contributed by atoms with Crippen molar-refractivity contribution in [2.45, 2.75) is 26.8 Å². The van der Waals surface area contributed by atoms with Crippen molar-refractivity contribution in [1.29, 1.82) is 0 Å². The fourth-order valence-electron chi connectivity index (χ4n) is 3.55. The Labute approximate surface area is 196 Å². The molecule has 4 aromatic rings. The average molecular weight is 466 g/mol.